The van der Waals surface area contributed by atoms with Gasteiger partial charge in [0.05, 0.1) is 5.92 Å². The minimum absolute atomic E-state index is 0.0259. The lowest BCUT2D eigenvalue weighted by atomic mass is 9.87. The molecule has 0 aliphatic heterocycles. The molecule has 2 fully saturated rings. The molecule has 0 aromatic heterocycles. The Morgan fingerprint density at radius 2 is 1.19 bits per heavy atom. The van der Waals surface area contributed by atoms with E-state index in [2.05, 4.69) is 48.0 Å². The largest absolute Gasteiger partial charge is 0.378 e. The van der Waals surface area contributed by atoms with E-state index in [1.165, 1.54) is 12.4 Å². The van der Waals surface area contributed by atoms with Gasteiger partial charge < -0.3 is 26.6 Å². The summed E-state index contributed by atoms with van der Waals surface area (Å²) in [5.41, 5.74) is 14.3. The minimum Gasteiger partial charge on any atom is -0.378 e. The van der Waals surface area contributed by atoms with Gasteiger partial charge in [0.1, 0.15) is 22.0 Å². The molecule has 0 spiro atoms. The third-order valence-corrected chi connectivity index (χ3v) is 9.72. The molecule has 290 valence electrons. The second kappa shape index (κ2) is 17.4. The van der Waals surface area contributed by atoms with E-state index in [-0.39, 0.29) is 35.2 Å². The van der Waals surface area contributed by atoms with E-state index >= 15 is 0 Å². The first-order valence-electron chi connectivity index (χ1n) is 18.5. The molecule has 0 bridgehead atoms. The number of hydrazine groups is 1. The highest BCUT2D eigenvalue weighted by atomic mass is 16.2. The molecule has 8 N–H and O–H groups in total. The lowest BCUT2D eigenvalue weighted by Crippen LogP contribution is -2.40. The van der Waals surface area contributed by atoms with Crippen molar-refractivity contribution in [3.8, 4) is 0 Å². The summed E-state index contributed by atoms with van der Waals surface area (Å²) < 4.78 is 0. The maximum atomic E-state index is 13.3. The standard InChI is InChI=1S/C40H43B2N9O6/c1-20-12-30(41)27(16-32(20)47-35(52)22-10-11-22)38(55)46-26-9-5-7-24(15-26)37(54)51-49-34-18-29(34)40(57)48-33-17-28(31(42)13-21(33)2)39(56)45-25-8-4-6-23(14-25)36(53)50-44-19-43-3/h4-9,12-17,19,22,29,34,49H,10-11,18,41-42H2,1-3H3,(H,43,44)(H,45,56)(H,46,55)(H,47,52)(H,48,57)(H,50,53)(H,51,54). The number of carbonyl (C=O) groups excluding carboxylic acids is 6. The van der Waals surface area contributed by atoms with E-state index in [0.29, 0.717) is 51.3 Å². The molecule has 2 unspecified atom stereocenters. The summed E-state index contributed by atoms with van der Waals surface area (Å²) in [6.07, 6.45) is 3.54. The summed E-state index contributed by atoms with van der Waals surface area (Å²) >= 11 is 0. The van der Waals surface area contributed by atoms with E-state index in [9.17, 15) is 28.8 Å². The number of rotatable bonds is 14. The van der Waals surface area contributed by atoms with Crippen molar-refractivity contribution in [3.63, 3.8) is 0 Å². The van der Waals surface area contributed by atoms with Crippen molar-refractivity contribution in [3.05, 3.63) is 106 Å². The van der Waals surface area contributed by atoms with Gasteiger partial charge in [-0.05, 0) is 92.8 Å². The van der Waals surface area contributed by atoms with Gasteiger partial charge in [-0.1, -0.05) is 35.2 Å². The second-order valence-corrected chi connectivity index (χ2v) is 14.3. The summed E-state index contributed by atoms with van der Waals surface area (Å²) in [5, 5.41) is 17.9. The fourth-order valence-electron chi connectivity index (χ4n) is 6.24. The number of nitrogens with one attached hydrogen (secondary N) is 8. The van der Waals surface area contributed by atoms with Crippen LogP contribution in [-0.2, 0) is 9.59 Å². The molecule has 2 aliphatic carbocycles. The van der Waals surface area contributed by atoms with Crippen LogP contribution < -0.4 is 53.8 Å². The zero-order chi connectivity index (χ0) is 40.8. The molecule has 6 rings (SSSR count). The number of aryl methyl sites for hydroxylation is 2. The van der Waals surface area contributed by atoms with Crippen molar-refractivity contribution in [2.45, 2.75) is 39.2 Å². The van der Waals surface area contributed by atoms with Gasteiger partial charge >= 0.3 is 0 Å². The number of carbonyl (C=O) groups is 6. The molecule has 2 saturated carbocycles. The Hall–Kier alpha value is -6.74. The van der Waals surface area contributed by atoms with Crippen molar-refractivity contribution in [1.82, 2.24) is 21.6 Å². The van der Waals surface area contributed by atoms with E-state index < -0.39 is 23.6 Å². The van der Waals surface area contributed by atoms with E-state index in [1.54, 1.807) is 69.5 Å². The summed E-state index contributed by atoms with van der Waals surface area (Å²) in [5.74, 6) is -2.42. The summed E-state index contributed by atoms with van der Waals surface area (Å²) in [6.45, 7) is 3.71. The maximum absolute atomic E-state index is 13.3. The zero-order valence-electron chi connectivity index (χ0n) is 32.3. The van der Waals surface area contributed by atoms with Crippen molar-refractivity contribution in [2.75, 3.05) is 28.3 Å². The van der Waals surface area contributed by atoms with Crippen LogP contribution >= 0.6 is 0 Å². The number of hydrazone groups is 1. The Morgan fingerprint density at radius 3 is 1.72 bits per heavy atom. The molecule has 6 amide bonds. The monoisotopic (exact) mass is 767 g/mol. The van der Waals surface area contributed by atoms with Gasteiger partial charge in [-0.15, -0.1) is 0 Å². The lowest BCUT2D eigenvalue weighted by molar-refractivity contribution is -0.118. The Morgan fingerprint density at radius 1 is 0.667 bits per heavy atom. The van der Waals surface area contributed by atoms with Gasteiger partial charge in [0.15, 0.2) is 0 Å². The first-order chi connectivity index (χ1) is 27.3. The summed E-state index contributed by atoms with van der Waals surface area (Å²) in [4.78, 5) is 77.7. The number of nitrogens with zero attached hydrogens (tertiary/aromatic N) is 1. The number of anilines is 4. The topological polar surface area (TPSA) is 211 Å². The fraction of sp³-hybridized carbons (Fsp3) is 0.225. The molecular formula is C40H43B2N9O6. The Balaban J connectivity index is 1.01. The fourth-order valence-corrected chi connectivity index (χ4v) is 6.24. The lowest BCUT2D eigenvalue weighted by Gasteiger charge is -2.15. The maximum Gasteiger partial charge on any atom is 0.271 e. The van der Waals surface area contributed by atoms with Gasteiger partial charge in [-0.25, -0.2) is 10.9 Å². The van der Waals surface area contributed by atoms with Gasteiger partial charge in [-0.3, -0.25) is 34.2 Å². The first-order valence-corrected chi connectivity index (χ1v) is 18.5. The molecule has 15 nitrogen and oxygen atoms in total. The molecule has 0 heterocycles. The van der Waals surface area contributed by atoms with Gasteiger partial charge in [0, 0.05) is 64.0 Å². The van der Waals surface area contributed by atoms with Crippen LogP contribution in [0.15, 0.2) is 77.9 Å². The van der Waals surface area contributed by atoms with Crippen LogP contribution in [0.3, 0.4) is 0 Å². The van der Waals surface area contributed by atoms with Crippen molar-refractivity contribution in [2.24, 2.45) is 16.9 Å². The van der Waals surface area contributed by atoms with Gasteiger partial charge in [-0.2, -0.15) is 5.10 Å². The number of hydrogen-bond acceptors (Lipinski definition) is 8. The Bertz CT molecular complexity index is 2310. The SMILES string of the molecule is Bc1cc(C)c(NC(=O)C2CC2)cc1C(=O)Nc1cccc(C(=O)NNC2CC2C(=O)Nc2cc(C(=O)Nc3cccc(C(=O)N/N=C/NC)c3)c(B)cc2C)c1. The van der Waals surface area contributed by atoms with Crippen LogP contribution in [0.1, 0.15) is 71.8 Å². The number of amides is 6. The van der Waals surface area contributed by atoms with Crippen molar-refractivity contribution >= 4 is 91.1 Å². The van der Waals surface area contributed by atoms with Crippen molar-refractivity contribution in [1.29, 1.82) is 0 Å². The molecule has 57 heavy (non-hydrogen) atoms. The average Bonchev–Trinajstić information content (AvgIpc) is 4.12. The highest BCUT2D eigenvalue weighted by Crippen LogP contribution is 2.32. The normalized spacial score (nSPS) is 15.6. The highest BCUT2D eigenvalue weighted by Gasteiger charge is 2.43. The van der Waals surface area contributed by atoms with E-state index in [1.807, 2.05) is 33.8 Å². The van der Waals surface area contributed by atoms with Crippen LogP contribution in [0, 0.1) is 25.7 Å². The smallest absolute Gasteiger partial charge is 0.271 e. The summed E-state index contributed by atoms with van der Waals surface area (Å²) in [7, 11) is 5.27. The minimum atomic E-state index is -0.452. The molecule has 4 aromatic rings. The predicted octanol–water partition coefficient (Wildman–Crippen LogP) is 0.827. The Labute approximate surface area is 331 Å². The molecular weight excluding hydrogens is 724 g/mol. The van der Waals surface area contributed by atoms with Crippen LogP contribution in [0.2, 0.25) is 0 Å². The first kappa shape index (κ1) is 39.9. The van der Waals surface area contributed by atoms with Crippen LogP contribution in [-0.4, -0.2) is 70.6 Å². The average molecular weight is 767 g/mol. The number of benzene rings is 4. The molecule has 2 atom stereocenters. The van der Waals surface area contributed by atoms with Gasteiger partial charge in [0.25, 0.3) is 23.6 Å². The van der Waals surface area contributed by atoms with Crippen LogP contribution in [0.25, 0.3) is 0 Å². The Kier molecular flexibility index (Phi) is 12.2. The third kappa shape index (κ3) is 10.1. The van der Waals surface area contributed by atoms with E-state index in [4.69, 9.17) is 0 Å². The quantitative estimate of drug-likeness (QED) is 0.0398. The third-order valence-electron chi connectivity index (χ3n) is 9.72. The van der Waals surface area contributed by atoms with Crippen LogP contribution in [0.5, 0.6) is 0 Å². The molecule has 0 saturated heterocycles. The molecule has 4 aromatic carbocycles. The van der Waals surface area contributed by atoms with Crippen molar-refractivity contribution < 1.29 is 28.8 Å². The number of hydrogen-bond donors (Lipinski definition) is 8. The highest BCUT2D eigenvalue weighted by molar-refractivity contribution is 6.38. The predicted molar refractivity (Wildman–Crippen MR) is 225 cm³/mol. The summed E-state index contributed by atoms with van der Waals surface area (Å²) in [6, 6.07) is 19.5. The van der Waals surface area contributed by atoms with E-state index in [0.717, 1.165) is 29.4 Å². The zero-order valence-corrected chi connectivity index (χ0v) is 32.3. The molecule has 0 radical (unpaired) electrons. The molecule has 17 heteroatoms. The second-order valence-electron chi connectivity index (χ2n) is 14.3. The molecule has 2 aliphatic rings. The van der Waals surface area contributed by atoms with Crippen LogP contribution in [0.4, 0.5) is 22.7 Å². The van der Waals surface area contributed by atoms with Gasteiger partial charge in [0.2, 0.25) is 11.8 Å².